The molecule has 138 valence electrons. The molecule has 26 heavy (non-hydrogen) atoms. The quantitative estimate of drug-likeness (QED) is 0.763. The predicted octanol–water partition coefficient (Wildman–Crippen LogP) is 5.36. The van der Waals surface area contributed by atoms with Crippen molar-refractivity contribution in [2.75, 3.05) is 5.32 Å². The van der Waals surface area contributed by atoms with E-state index in [0.717, 1.165) is 23.4 Å². The molecule has 2 N–H and O–H groups in total. The molecule has 1 aromatic carbocycles. The van der Waals surface area contributed by atoms with E-state index in [-0.39, 0.29) is 22.3 Å². The first-order valence-corrected chi connectivity index (χ1v) is 9.64. The minimum Gasteiger partial charge on any atom is -0.478 e. The van der Waals surface area contributed by atoms with Crippen LogP contribution in [0, 0.1) is 6.92 Å². The molecule has 4 nitrogen and oxygen atoms in total. The summed E-state index contributed by atoms with van der Waals surface area (Å²) in [5, 5.41) is 12.9. The highest BCUT2D eigenvalue weighted by molar-refractivity contribution is 7.16. The Hall–Kier alpha value is -2.14. The number of nitrogens with one attached hydrogen (secondary N) is 1. The molecular weight excluding hydrogens is 346 g/mol. The first kappa shape index (κ1) is 18.6. The minimum atomic E-state index is -0.997. The molecule has 2 aromatic rings. The molecular formula is C21H25NO3S. The van der Waals surface area contributed by atoms with Crippen LogP contribution in [0.2, 0.25) is 0 Å². The number of carboxylic acid groups (broad SMARTS) is 1. The van der Waals surface area contributed by atoms with Crippen LogP contribution >= 0.6 is 11.3 Å². The Labute approximate surface area is 158 Å². The van der Waals surface area contributed by atoms with Gasteiger partial charge in [-0.05, 0) is 66.0 Å². The topological polar surface area (TPSA) is 66.4 Å². The lowest BCUT2D eigenvalue weighted by atomic mass is 9.66. The van der Waals surface area contributed by atoms with Gasteiger partial charge in [-0.25, -0.2) is 4.79 Å². The summed E-state index contributed by atoms with van der Waals surface area (Å²) in [6.07, 6.45) is 2.27. The van der Waals surface area contributed by atoms with Crippen LogP contribution < -0.4 is 5.32 Å². The molecule has 0 unspecified atom stereocenters. The number of hydrogen-bond acceptors (Lipinski definition) is 3. The van der Waals surface area contributed by atoms with Crippen molar-refractivity contribution in [3.05, 3.63) is 51.4 Å². The summed E-state index contributed by atoms with van der Waals surface area (Å²) in [6.45, 7) is 11.2. The molecule has 0 saturated carbocycles. The van der Waals surface area contributed by atoms with E-state index in [1.54, 1.807) is 23.5 Å². The van der Waals surface area contributed by atoms with Crippen LogP contribution in [0.25, 0.3) is 0 Å². The molecule has 5 heteroatoms. The van der Waals surface area contributed by atoms with Crippen molar-refractivity contribution in [3.63, 3.8) is 0 Å². The normalized spacial score (nSPS) is 17.4. The summed E-state index contributed by atoms with van der Waals surface area (Å²) in [4.78, 5) is 24.9. The van der Waals surface area contributed by atoms with Crippen LogP contribution in [0.15, 0.2) is 24.3 Å². The zero-order chi connectivity index (χ0) is 19.3. The van der Waals surface area contributed by atoms with E-state index >= 15 is 0 Å². The minimum absolute atomic E-state index is 0.109. The van der Waals surface area contributed by atoms with Crippen LogP contribution in [0.5, 0.6) is 0 Å². The van der Waals surface area contributed by atoms with Crippen LogP contribution in [0.1, 0.15) is 77.3 Å². The predicted molar refractivity (Wildman–Crippen MR) is 106 cm³/mol. The molecule has 0 radical (unpaired) electrons. The molecule has 0 atom stereocenters. The summed E-state index contributed by atoms with van der Waals surface area (Å²) < 4.78 is 0. The van der Waals surface area contributed by atoms with E-state index in [9.17, 15) is 9.59 Å². The van der Waals surface area contributed by atoms with E-state index < -0.39 is 5.97 Å². The van der Waals surface area contributed by atoms with Crippen LogP contribution in [-0.2, 0) is 10.8 Å². The number of rotatable bonds is 3. The first-order chi connectivity index (χ1) is 12.0. The molecule has 0 spiro atoms. The van der Waals surface area contributed by atoms with Gasteiger partial charge in [0.2, 0.25) is 0 Å². The molecule has 0 aliphatic heterocycles. The van der Waals surface area contributed by atoms with E-state index in [4.69, 9.17) is 5.11 Å². The Morgan fingerprint density at radius 3 is 2.08 bits per heavy atom. The maximum Gasteiger partial charge on any atom is 0.335 e. The van der Waals surface area contributed by atoms with Gasteiger partial charge < -0.3 is 10.4 Å². The third-order valence-electron chi connectivity index (χ3n) is 5.43. The molecule has 1 aliphatic rings. The lowest BCUT2D eigenvalue weighted by molar-refractivity contribution is 0.0696. The molecule has 1 heterocycles. The molecule has 1 amide bonds. The molecule has 0 saturated heterocycles. The van der Waals surface area contributed by atoms with Gasteiger partial charge in [0.1, 0.15) is 0 Å². The molecule has 1 aromatic heterocycles. The van der Waals surface area contributed by atoms with Gasteiger partial charge in [0.05, 0.1) is 10.6 Å². The fraction of sp³-hybridized carbons (Fsp3) is 0.429. The summed E-state index contributed by atoms with van der Waals surface area (Å²) >= 11 is 1.68. The third-order valence-corrected chi connectivity index (χ3v) is 7.01. The largest absolute Gasteiger partial charge is 0.478 e. The number of aromatic carboxylic acids is 1. The second-order valence-electron chi connectivity index (χ2n) is 8.36. The van der Waals surface area contributed by atoms with E-state index in [1.807, 2.05) is 0 Å². The number of thiophene rings is 1. The van der Waals surface area contributed by atoms with Crippen molar-refractivity contribution in [1.82, 2.24) is 0 Å². The van der Waals surface area contributed by atoms with Crippen molar-refractivity contribution in [2.45, 2.75) is 58.3 Å². The maximum atomic E-state index is 12.6. The monoisotopic (exact) mass is 371 g/mol. The Morgan fingerprint density at radius 1 is 1.00 bits per heavy atom. The summed E-state index contributed by atoms with van der Waals surface area (Å²) in [7, 11) is 0. The van der Waals surface area contributed by atoms with Crippen molar-refractivity contribution in [2.24, 2.45) is 0 Å². The van der Waals surface area contributed by atoms with Gasteiger partial charge in [-0.3, -0.25) is 4.79 Å². The first-order valence-electron chi connectivity index (χ1n) is 8.82. The molecule has 0 fully saturated rings. The van der Waals surface area contributed by atoms with Crippen LogP contribution in [-0.4, -0.2) is 17.0 Å². The number of hydrogen-bond donors (Lipinski definition) is 2. The van der Waals surface area contributed by atoms with Gasteiger partial charge in [0.15, 0.2) is 0 Å². The number of benzene rings is 1. The fourth-order valence-corrected chi connectivity index (χ4v) is 5.24. The zero-order valence-corrected chi connectivity index (χ0v) is 16.7. The average molecular weight is 372 g/mol. The molecule has 1 aliphatic carbocycles. The van der Waals surface area contributed by atoms with Gasteiger partial charge >= 0.3 is 5.97 Å². The maximum absolute atomic E-state index is 12.6. The Balaban J connectivity index is 1.93. The lowest BCUT2D eigenvalue weighted by Gasteiger charge is -2.39. The van der Waals surface area contributed by atoms with Gasteiger partial charge in [-0.15, -0.1) is 11.3 Å². The number of anilines is 1. The highest BCUT2D eigenvalue weighted by Crippen LogP contribution is 2.52. The van der Waals surface area contributed by atoms with Gasteiger partial charge in [0, 0.05) is 10.4 Å². The summed E-state index contributed by atoms with van der Waals surface area (Å²) in [5.41, 5.74) is 3.38. The standard InChI is InChI=1S/C21H25NO3S/c1-12-15-16(21(4,5)11-10-20(15,2)3)26-18(12)22-17(23)13-6-8-14(9-7-13)19(24)25/h6-9H,10-11H2,1-5H3,(H,22,23)(H,24,25). The highest BCUT2D eigenvalue weighted by atomic mass is 32.1. The van der Waals surface area contributed by atoms with Crippen molar-refractivity contribution in [1.29, 1.82) is 0 Å². The Bertz CT molecular complexity index is 875. The van der Waals surface area contributed by atoms with E-state index in [1.165, 1.54) is 22.6 Å². The van der Waals surface area contributed by atoms with Crippen molar-refractivity contribution in [3.8, 4) is 0 Å². The second kappa shape index (κ2) is 6.23. The van der Waals surface area contributed by atoms with Crippen LogP contribution in [0.3, 0.4) is 0 Å². The van der Waals surface area contributed by atoms with Crippen LogP contribution in [0.4, 0.5) is 5.00 Å². The third kappa shape index (κ3) is 3.16. The Morgan fingerprint density at radius 2 is 1.54 bits per heavy atom. The zero-order valence-electron chi connectivity index (χ0n) is 15.9. The highest BCUT2D eigenvalue weighted by Gasteiger charge is 2.40. The number of carbonyl (C=O) groups is 2. The lowest BCUT2D eigenvalue weighted by Crippen LogP contribution is -2.32. The summed E-state index contributed by atoms with van der Waals surface area (Å²) in [6, 6.07) is 6.01. The number of fused-ring (bicyclic) bond motifs is 1. The van der Waals surface area contributed by atoms with Gasteiger partial charge in [-0.2, -0.15) is 0 Å². The number of carboxylic acids is 1. The SMILES string of the molecule is Cc1c(NC(=O)c2ccc(C(=O)O)cc2)sc2c1C(C)(C)CCC2(C)C. The van der Waals surface area contributed by atoms with Crippen molar-refractivity contribution >= 4 is 28.2 Å². The number of amides is 1. The fourth-order valence-electron chi connectivity index (χ4n) is 3.73. The average Bonchev–Trinajstić information content (AvgIpc) is 2.91. The smallest absolute Gasteiger partial charge is 0.335 e. The van der Waals surface area contributed by atoms with Gasteiger partial charge in [0.25, 0.3) is 5.91 Å². The molecule has 0 bridgehead atoms. The van der Waals surface area contributed by atoms with Crippen molar-refractivity contribution < 1.29 is 14.7 Å². The van der Waals surface area contributed by atoms with Gasteiger partial charge in [-0.1, -0.05) is 27.7 Å². The number of carbonyl (C=O) groups excluding carboxylic acids is 1. The van der Waals surface area contributed by atoms with E-state index in [0.29, 0.717) is 5.56 Å². The molecule has 3 rings (SSSR count). The second-order valence-corrected chi connectivity index (χ2v) is 9.39. The Kier molecular flexibility index (Phi) is 4.47. The summed E-state index contributed by atoms with van der Waals surface area (Å²) in [5.74, 6) is -1.21. The van der Waals surface area contributed by atoms with E-state index in [2.05, 4.69) is 39.9 Å².